The molecule has 0 unspecified atom stereocenters. The highest BCUT2D eigenvalue weighted by molar-refractivity contribution is 5.38. The predicted molar refractivity (Wildman–Crippen MR) is 59.5 cm³/mol. The Morgan fingerprint density at radius 3 is 2.80 bits per heavy atom. The monoisotopic (exact) mass is 202 g/mol. The van der Waals surface area contributed by atoms with Crippen molar-refractivity contribution in [3.63, 3.8) is 0 Å². The van der Waals surface area contributed by atoms with Gasteiger partial charge in [-0.3, -0.25) is 4.68 Å². The Bertz CT molecular complexity index is 473. The van der Waals surface area contributed by atoms with E-state index in [4.69, 9.17) is 5.73 Å². The molecule has 0 aromatic carbocycles. The van der Waals surface area contributed by atoms with E-state index in [0.29, 0.717) is 12.4 Å². The standard InChI is InChI=1S/C11H14N4/c1-8-6-9(2)15(14-8)7-10-4-3-5-13-11(10)12/h3-6H,7H2,1-2H3,(H2,12,13). The number of hydrogen-bond acceptors (Lipinski definition) is 3. The first kappa shape index (κ1) is 9.71. The Morgan fingerprint density at radius 2 is 2.20 bits per heavy atom. The van der Waals surface area contributed by atoms with Crippen molar-refractivity contribution in [2.75, 3.05) is 5.73 Å². The van der Waals surface area contributed by atoms with Gasteiger partial charge in [0, 0.05) is 17.5 Å². The number of hydrogen-bond donors (Lipinski definition) is 1. The number of aromatic nitrogens is 3. The number of nitrogens with two attached hydrogens (primary N) is 1. The lowest BCUT2D eigenvalue weighted by Crippen LogP contribution is -2.07. The van der Waals surface area contributed by atoms with Crippen LogP contribution in [-0.4, -0.2) is 14.8 Å². The van der Waals surface area contributed by atoms with E-state index in [0.717, 1.165) is 17.0 Å². The molecule has 2 aromatic rings. The van der Waals surface area contributed by atoms with E-state index in [2.05, 4.69) is 10.1 Å². The van der Waals surface area contributed by atoms with Gasteiger partial charge in [0.2, 0.25) is 0 Å². The summed E-state index contributed by atoms with van der Waals surface area (Å²) in [6.07, 6.45) is 1.69. The van der Waals surface area contributed by atoms with Crippen LogP contribution >= 0.6 is 0 Å². The van der Waals surface area contributed by atoms with Crippen LogP contribution in [-0.2, 0) is 6.54 Å². The van der Waals surface area contributed by atoms with Crippen LogP contribution in [0.2, 0.25) is 0 Å². The average molecular weight is 202 g/mol. The fraction of sp³-hybridized carbons (Fsp3) is 0.273. The molecule has 0 spiro atoms. The summed E-state index contributed by atoms with van der Waals surface area (Å²) in [5, 5.41) is 4.38. The summed E-state index contributed by atoms with van der Waals surface area (Å²) >= 11 is 0. The topological polar surface area (TPSA) is 56.7 Å². The van der Waals surface area contributed by atoms with Gasteiger partial charge in [-0.05, 0) is 26.0 Å². The first-order valence-corrected chi connectivity index (χ1v) is 4.87. The summed E-state index contributed by atoms with van der Waals surface area (Å²) in [5.74, 6) is 0.574. The molecule has 0 aliphatic heterocycles. The Hall–Kier alpha value is -1.84. The van der Waals surface area contributed by atoms with Crippen molar-refractivity contribution >= 4 is 5.82 Å². The van der Waals surface area contributed by atoms with Crippen LogP contribution in [0.5, 0.6) is 0 Å². The van der Waals surface area contributed by atoms with Crippen LogP contribution in [0.4, 0.5) is 5.82 Å². The van der Waals surface area contributed by atoms with Crippen LogP contribution in [0.3, 0.4) is 0 Å². The largest absolute Gasteiger partial charge is 0.383 e. The molecule has 2 heterocycles. The molecule has 0 radical (unpaired) electrons. The number of rotatable bonds is 2. The van der Waals surface area contributed by atoms with Gasteiger partial charge in [0.05, 0.1) is 12.2 Å². The van der Waals surface area contributed by atoms with Gasteiger partial charge in [0.15, 0.2) is 0 Å². The number of nitrogen functional groups attached to an aromatic ring is 1. The number of pyridine rings is 1. The average Bonchev–Trinajstić information content (AvgIpc) is 2.49. The summed E-state index contributed by atoms with van der Waals surface area (Å²) in [6, 6.07) is 5.91. The molecule has 2 N–H and O–H groups in total. The quantitative estimate of drug-likeness (QED) is 0.803. The molecular formula is C11H14N4. The summed E-state index contributed by atoms with van der Waals surface area (Å²) in [6.45, 7) is 4.70. The summed E-state index contributed by atoms with van der Waals surface area (Å²) in [4.78, 5) is 4.05. The Labute approximate surface area is 88.8 Å². The lowest BCUT2D eigenvalue weighted by Gasteiger charge is -2.06. The minimum absolute atomic E-state index is 0.574. The molecule has 0 aliphatic carbocycles. The van der Waals surface area contributed by atoms with Crippen LogP contribution in [0.15, 0.2) is 24.4 Å². The number of nitrogens with zero attached hydrogens (tertiary/aromatic N) is 3. The molecule has 0 aliphatic rings. The molecule has 78 valence electrons. The highest BCUT2D eigenvalue weighted by Crippen LogP contribution is 2.11. The molecule has 0 saturated heterocycles. The second-order valence-electron chi connectivity index (χ2n) is 3.63. The van der Waals surface area contributed by atoms with Crippen molar-refractivity contribution in [1.82, 2.24) is 14.8 Å². The Balaban J connectivity index is 2.29. The Kier molecular flexibility index (Phi) is 2.41. The van der Waals surface area contributed by atoms with Gasteiger partial charge in [-0.15, -0.1) is 0 Å². The maximum Gasteiger partial charge on any atom is 0.128 e. The lowest BCUT2D eigenvalue weighted by atomic mass is 10.2. The fourth-order valence-corrected chi connectivity index (χ4v) is 1.58. The van der Waals surface area contributed by atoms with Gasteiger partial charge >= 0.3 is 0 Å². The first-order chi connectivity index (χ1) is 7.16. The van der Waals surface area contributed by atoms with Gasteiger partial charge in [-0.1, -0.05) is 6.07 Å². The van der Waals surface area contributed by atoms with Crippen LogP contribution in [0.1, 0.15) is 17.0 Å². The van der Waals surface area contributed by atoms with Crippen LogP contribution in [0.25, 0.3) is 0 Å². The smallest absolute Gasteiger partial charge is 0.128 e. The van der Waals surface area contributed by atoms with E-state index in [1.54, 1.807) is 6.20 Å². The second kappa shape index (κ2) is 3.73. The predicted octanol–water partition coefficient (Wildman–Crippen LogP) is 1.53. The zero-order valence-corrected chi connectivity index (χ0v) is 8.94. The van der Waals surface area contributed by atoms with E-state index >= 15 is 0 Å². The third-order valence-corrected chi connectivity index (χ3v) is 2.35. The highest BCUT2D eigenvalue weighted by Gasteiger charge is 2.04. The van der Waals surface area contributed by atoms with Gasteiger partial charge < -0.3 is 5.73 Å². The summed E-state index contributed by atoms with van der Waals surface area (Å²) in [7, 11) is 0. The van der Waals surface area contributed by atoms with Crippen LogP contribution in [0, 0.1) is 13.8 Å². The molecule has 0 saturated carbocycles. The van der Waals surface area contributed by atoms with E-state index in [1.165, 1.54) is 0 Å². The van der Waals surface area contributed by atoms with Crippen molar-refractivity contribution in [2.24, 2.45) is 0 Å². The zero-order valence-electron chi connectivity index (χ0n) is 8.94. The number of anilines is 1. The lowest BCUT2D eigenvalue weighted by molar-refractivity contribution is 0.659. The Morgan fingerprint density at radius 1 is 1.40 bits per heavy atom. The van der Waals surface area contributed by atoms with Gasteiger partial charge in [-0.25, -0.2) is 4.98 Å². The zero-order chi connectivity index (χ0) is 10.8. The highest BCUT2D eigenvalue weighted by atomic mass is 15.3. The number of aryl methyl sites for hydroxylation is 2. The van der Waals surface area contributed by atoms with Crippen molar-refractivity contribution in [3.05, 3.63) is 41.3 Å². The van der Waals surface area contributed by atoms with E-state index in [1.807, 2.05) is 36.7 Å². The normalized spacial score (nSPS) is 10.5. The van der Waals surface area contributed by atoms with Crippen molar-refractivity contribution in [1.29, 1.82) is 0 Å². The molecule has 15 heavy (non-hydrogen) atoms. The van der Waals surface area contributed by atoms with Crippen molar-refractivity contribution in [3.8, 4) is 0 Å². The third-order valence-electron chi connectivity index (χ3n) is 2.35. The molecular weight excluding hydrogens is 188 g/mol. The molecule has 0 amide bonds. The van der Waals surface area contributed by atoms with Gasteiger partial charge in [0.1, 0.15) is 5.82 Å². The second-order valence-corrected chi connectivity index (χ2v) is 3.63. The fourth-order valence-electron chi connectivity index (χ4n) is 1.58. The van der Waals surface area contributed by atoms with Crippen molar-refractivity contribution in [2.45, 2.75) is 20.4 Å². The molecule has 0 atom stereocenters. The first-order valence-electron chi connectivity index (χ1n) is 4.87. The molecule has 4 nitrogen and oxygen atoms in total. The van der Waals surface area contributed by atoms with Crippen molar-refractivity contribution < 1.29 is 0 Å². The molecule has 2 rings (SSSR count). The van der Waals surface area contributed by atoms with Crippen LogP contribution < -0.4 is 5.73 Å². The van der Waals surface area contributed by atoms with E-state index in [-0.39, 0.29) is 0 Å². The molecule has 4 heteroatoms. The van der Waals surface area contributed by atoms with E-state index < -0.39 is 0 Å². The molecule has 2 aromatic heterocycles. The summed E-state index contributed by atoms with van der Waals surface area (Å²) in [5.41, 5.74) is 8.93. The minimum atomic E-state index is 0.574. The maximum absolute atomic E-state index is 5.77. The van der Waals surface area contributed by atoms with Gasteiger partial charge in [0.25, 0.3) is 0 Å². The molecule has 0 fully saturated rings. The summed E-state index contributed by atoms with van der Waals surface area (Å²) < 4.78 is 1.93. The molecule has 0 bridgehead atoms. The van der Waals surface area contributed by atoms with Gasteiger partial charge in [-0.2, -0.15) is 5.10 Å². The van der Waals surface area contributed by atoms with E-state index in [9.17, 15) is 0 Å². The minimum Gasteiger partial charge on any atom is -0.383 e. The SMILES string of the molecule is Cc1cc(C)n(Cc2cccnc2N)n1. The maximum atomic E-state index is 5.77. The third kappa shape index (κ3) is 1.98.